The van der Waals surface area contributed by atoms with Gasteiger partial charge in [0.1, 0.15) is 0 Å². The van der Waals surface area contributed by atoms with Crippen molar-refractivity contribution in [2.75, 3.05) is 10.6 Å². The van der Waals surface area contributed by atoms with Crippen molar-refractivity contribution in [3.63, 3.8) is 0 Å². The quantitative estimate of drug-likeness (QED) is 0.480. The van der Waals surface area contributed by atoms with Gasteiger partial charge in [-0.1, -0.05) is 35.3 Å². The molecule has 31 heavy (non-hydrogen) atoms. The van der Waals surface area contributed by atoms with Gasteiger partial charge in [-0.25, -0.2) is 0 Å². The second kappa shape index (κ2) is 8.74. The molecule has 2 aliphatic heterocycles. The predicted molar refractivity (Wildman–Crippen MR) is 118 cm³/mol. The predicted octanol–water partition coefficient (Wildman–Crippen LogP) is 2.43. The van der Waals surface area contributed by atoms with Gasteiger partial charge in [-0.3, -0.25) is 19.7 Å². The van der Waals surface area contributed by atoms with Crippen LogP contribution in [0.3, 0.4) is 0 Å². The summed E-state index contributed by atoms with van der Waals surface area (Å²) in [7, 11) is 0. The number of anilines is 2. The Morgan fingerprint density at radius 3 is 2.61 bits per heavy atom. The van der Waals surface area contributed by atoms with Crippen LogP contribution in [-0.2, 0) is 14.4 Å². The highest BCUT2D eigenvalue weighted by atomic mass is 35.5. The Labute approximate surface area is 189 Å². The van der Waals surface area contributed by atoms with Crippen molar-refractivity contribution < 1.29 is 14.4 Å². The maximum atomic E-state index is 12.9. The number of amides is 3. The molecule has 8 nitrogen and oxygen atoms in total. The van der Waals surface area contributed by atoms with E-state index in [1.807, 2.05) is 6.92 Å². The van der Waals surface area contributed by atoms with Gasteiger partial charge in [-0.05, 0) is 42.8 Å². The average Bonchev–Trinajstić information content (AvgIpc) is 2.70. The molecule has 2 aliphatic rings. The lowest BCUT2D eigenvalue weighted by Gasteiger charge is -2.43. The lowest BCUT2D eigenvalue weighted by atomic mass is 9.81. The number of halogens is 2. The minimum Gasteiger partial charge on any atom is -0.353 e. The van der Waals surface area contributed by atoms with Crippen molar-refractivity contribution in [1.82, 2.24) is 16.0 Å². The van der Waals surface area contributed by atoms with E-state index in [0.29, 0.717) is 21.4 Å². The number of hydrogen-bond acceptors (Lipinski definition) is 5. The summed E-state index contributed by atoms with van der Waals surface area (Å²) >= 11 is 12.1. The smallest absolute Gasteiger partial charge is 0.229 e. The van der Waals surface area contributed by atoms with Crippen LogP contribution >= 0.6 is 23.2 Å². The second-order valence-corrected chi connectivity index (χ2v) is 8.44. The van der Waals surface area contributed by atoms with E-state index >= 15 is 0 Å². The van der Waals surface area contributed by atoms with Gasteiger partial charge < -0.3 is 21.3 Å². The molecule has 10 heteroatoms. The SMILES string of the molecule is Cc1ccc(NC(=O)C2CC(=O)NC3NC(Nc4cccc(Cl)c4)NC(=O)C32)cc1Cl. The minimum absolute atomic E-state index is 0.0892. The van der Waals surface area contributed by atoms with E-state index in [1.54, 1.807) is 42.5 Å². The molecule has 2 aromatic carbocycles. The first-order valence-corrected chi connectivity index (χ1v) is 10.5. The highest BCUT2D eigenvalue weighted by Gasteiger charge is 2.48. The third-order valence-electron chi connectivity index (χ3n) is 5.36. The highest BCUT2D eigenvalue weighted by molar-refractivity contribution is 6.31. The van der Waals surface area contributed by atoms with E-state index in [9.17, 15) is 14.4 Å². The van der Waals surface area contributed by atoms with Crippen molar-refractivity contribution in [1.29, 1.82) is 0 Å². The van der Waals surface area contributed by atoms with Gasteiger partial charge in [-0.2, -0.15) is 0 Å². The van der Waals surface area contributed by atoms with Gasteiger partial charge in [0, 0.05) is 27.8 Å². The van der Waals surface area contributed by atoms with Gasteiger partial charge >= 0.3 is 0 Å². The largest absolute Gasteiger partial charge is 0.353 e. The van der Waals surface area contributed by atoms with Gasteiger partial charge in [-0.15, -0.1) is 0 Å². The normalized spacial score (nSPS) is 25.1. The highest BCUT2D eigenvalue weighted by Crippen LogP contribution is 2.29. The van der Waals surface area contributed by atoms with Crippen LogP contribution in [0.1, 0.15) is 12.0 Å². The van der Waals surface area contributed by atoms with Crippen molar-refractivity contribution in [2.24, 2.45) is 11.8 Å². The molecule has 2 heterocycles. The van der Waals surface area contributed by atoms with Gasteiger partial charge in [0.05, 0.1) is 18.0 Å². The number of carbonyl (C=O) groups excluding carboxylic acids is 3. The number of carbonyl (C=O) groups is 3. The first-order chi connectivity index (χ1) is 14.8. The van der Waals surface area contributed by atoms with E-state index in [0.717, 1.165) is 5.56 Å². The molecule has 162 valence electrons. The number of piperidine rings is 1. The Balaban J connectivity index is 1.48. The van der Waals surface area contributed by atoms with Crippen molar-refractivity contribution in [3.05, 3.63) is 58.1 Å². The Morgan fingerprint density at radius 2 is 1.87 bits per heavy atom. The second-order valence-electron chi connectivity index (χ2n) is 7.60. The molecule has 4 rings (SSSR count). The summed E-state index contributed by atoms with van der Waals surface area (Å²) in [6.45, 7) is 1.86. The number of rotatable bonds is 4. The summed E-state index contributed by atoms with van der Waals surface area (Å²) in [6, 6.07) is 12.2. The Kier molecular flexibility index (Phi) is 6.04. The fraction of sp³-hybridized carbons (Fsp3) is 0.286. The van der Waals surface area contributed by atoms with Crippen LogP contribution < -0.4 is 26.6 Å². The summed E-state index contributed by atoms with van der Waals surface area (Å²) in [5.74, 6) is -2.67. The zero-order valence-corrected chi connectivity index (χ0v) is 18.1. The number of nitrogens with one attached hydrogen (secondary N) is 5. The molecule has 0 bridgehead atoms. The third kappa shape index (κ3) is 4.76. The van der Waals surface area contributed by atoms with Crippen LogP contribution in [0.4, 0.5) is 11.4 Å². The van der Waals surface area contributed by atoms with Crippen LogP contribution in [0.2, 0.25) is 10.0 Å². The molecule has 4 unspecified atom stereocenters. The van der Waals surface area contributed by atoms with Crippen LogP contribution in [-0.4, -0.2) is 30.2 Å². The van der Waals surface area contributed by atoms with Crippen molar-refractivity contribution >= 4 is 52.3 Å². The van der Waals surface area contributed by atoms with Crippen molar-refractivity contribution in [3.8, 4) is 0 Å². The molecule has 3 amide bonds. The molecule has 0 spiro atoms. The summed E-state index contributed by atoms with van der Waals surface area (Å²) < 4.78 is 0. The summed E-state index contributed by atoms with van der Waals surface area (Å²) in [6.07, 6.45) is -1.44. The zero-order valence-electron chi connectivity index (χ0n) is 16.5. The molecule has 4 atom stereocenters. The molecule has 0 aliphatic carbocycles. The molecule has 2 saturated heterocycles. The molecule has 0 saturated carbocycles. The summed E-state index contributed by atoms with van der Waals surface area (Å²) in [4.78, 5) is 38.1. The van der Waals surface area contributed by atoms with Crippen LogP contribution in [0.5, 0.6) is 0 Å². The van der Waals surface area contributed by atoms with Gasteiger partial charge in [0.2, 0.25) is 17.7 Å². The lowest BCUT2D eigenvalue weighted by Crippen LogP contribution is -2.72. The van der Waals surface area contributed by atoms with Crippen LogP contribution in [0, 0.1) is 18.8 Å². The maximum Gasteiger partial charge on any atom is 0.229 e. The maximum absolute atomic E-state index is 12.9. The Morgan fingerprint density at radius 1 is 1.06 bits per heavy atom. The molecule has 0 radical (unpaired) electrons. The Bertz CT molecular complexity index is 1050. The van der Waals surface area contributed by atoms with E-state index < -0.39 is 30.2 Å². The number of aryl methyl sites for hydroxylation is 1. The molecule has 5 N–H and O–H groups in total. The molecular weight excluding hydrogens is 441 g/mol. The average molecular weight is 462 g/mol. The van der Waals surface area contributed by atoms with E-state index in [1.165, 1.54) is 0 Å². The number of benzene rings is 2. The monoisotopic (exact) mass is 461 g/mol. The summed E-state index contributed by atoms with van der Waals surface area (Å²) in [5, 5.41) is 15.6. The lowest BCUT2D eigenvalue weighted by molar-refractivity contribution is -0.144. The summed E-state index contributed by atoms with van der Waals surface area (Å²) in [5.41, 5.74) is 2.08. The van der Waals surface area contributed by atoms with Gasteiger partial charge in [0.25, 0.3) is 0 Å². The van der Waals surface area contributed by atoms with Crippen molar-refractivity contribution in [2.45, 2.75) is 25.8 Å². The zero-order chi connectivity index (χ0) is 22.1. The van der Waals surface area contributed by atoms with E-state index in [4.69, 9.17) is 23.2 Å². The van der Waals surface area contributed by atoms with Gasteiger partial charge in [0.15, 0.2) is 6.29 Å². The standard InChI is InChI=1S/C21H21Cl2N5O3/c1-10-5-6-13(8-15(10)23)24-19(30)14-9-16(29)26-18-17(14)20(31)28-21(27-18)25-12-4-2-3-11(22)7-12/h2-8,14,17-18,21,25,27H,9H2,1H3,(H,24,30)(H,26,29)(H,28,31). The topological polar surface area (TPSA) is 111 Å². The third-order valence-corrected chi connectivity index (χ3v) is 6.00. The minimum atomic E-state index is -0.835. The molecular formula is C21H21Cl2N5O3. The first-order valence-electron chi connectivity index (χ1n) is 9.75. The fourth-order valence-corrected chi connectivity index (χ4v) is 4.18. The van der Waals surface area contributed by atoms with Crippen LogP contribution in [0.25, 0.3) is 0 Å². The molecule has 2 fully saturated rings. The van der Waals surface area contributed by atoms with E-state index in [-0.39, 0.29) is 18.2 Å². The van der Waals surface area contributed by atoms with Crippen LogP contribution in [0.15, 0.2) is 42.5 Å². The molecule has 0 aromatic heterocycles. The Hall–Kier alpha value is -2.81. The number of hydrogen-bond donors (Lipinski definition) is 5. The van der Waals surface area contributed by atoms with E-state index in [2.05, 4.69) is 26.6 Å². The first kappa shape index (κ1) is 21.4. The molecule has 2 aromatic rings. The number of fused-ring (bicyclic) bond motifs is 1. The fourth-order valence-electron chi connectivity index (χ4n) is 3.80.